The van der Waals surface area contributed by atoms with Crippen LogP contribution in [0, 0.1) is 6.92 Å². The van der Waals surface area contributed by atoms with Gasteiger partial charge in [0.05, 0.1) is 10.4 Å². The summed E-state index contributed by atoms with van der Waals surface area (Å²) in [7, 11) is -3.54. The first-order valence-electron chi connectivity index (χ1n) is 8.86. The van der Waals surface area contributed by atoms with Gasteiger partial charge in [0.25, 0.3) is 0 Å². The largest absolute Gasteiger partial charge is 0.342 e. The van der Waals surface area contributed by atoms with Gasteiger partial charge in [0.15, 0.2) is 9.84 Å². The van der Waals surface area contributed by atoms with E-state index in [-0.39, 0.29) is 10.8 Å². The minimum Gasteiger partial charge on any atom is -0.342 e. The lowest BCUT2D eigenvalue weighted by Crippen LogP contribution is -2.37. The highest BCUT2D eigenvalue weighted by Crippen LogP contribution is 2.14. The van der Waals surface area contributed by atoms with E-state index in [0.717, 1.165) is 16.6 Å². The lowest BCUT2D eigenvalue weighted by atomic mass is 10.2. The maximum atomic E-state index is 12.7. The summed E-state index contributed by atoms with van der Waals surface area (Å²) >= 11 is 0. The molecule has 0 unspecified atom stereocenters. The highest BCUT2D eigenvalue weighted by atomic mass is 32.2. The quantitative estimate of drug-likeness (QED) is 0.498. The predicted molar refractivity (Wildman–Crippen MR) is 107 cm³/mol. The van der Waals surface area contributed by atoms with Gasteiger partial charge in [0.1, 0.15) is 11.4 Å². The first-order chi connectivity index (χ1) is 13.0. The smallest absolute Gasteiger partial charge is 0.224 e. The number of sulfone groups is 1. The van der Waals surface area contributed by atoms with Crippen LogP contribution in [0.4, 0.5) is 0 Å². The number of hydrogen-bond acceptors (Lipinski definition) is 5. The van der Waals surface area contributed by atoms with Crippen molar-refractivity contribution in [1.82, 2.24) is 19.9 Å². The molecule has 8 heteroatoms. The molecule has 0 saturated heterocycles. The molecule has 0 saturated carbocycles. The number of aryl methyl sites for hydroxylation is 1. The van der Waals surface area contributed by atoms with Crippen molar-refractivity contribution in [3.8, 4) is 0 Å². The Bertz CT molecular complexity index is 1050. The summed E-state index contributed by atoms with van der Waals surface area (Å²) in [5.41, 5.74) is 2.53. The van der Waals surface area contributed by atoms with Crippen LogP contribution in [0.5, 0.6) is 0 Å². The predicted octanol–water partition coefficient (Wildman–Crippen LogP) is 2.72. The van der Waals surface area contributed by atoms with Gasteiger partial charge in [-0.05, 0) is 45.0 Å². The normalized spacial score (nSPS) is 12.5. The van der Waals surface area contributed by atoms with E-state index in [2.05, 4.69) is 15.3 Å². The molecule has 0 atom stereocenters. The number of rotatable bonds is 5. The molecule has 0 aliphatic heterocycles. The molecule has 7 nitrogen and oxygen atoms in total. The number of aromatic nitrogens is 3. The molecule has 0 bridgehead atoms. The van der Waals surface area contributed by atoms with E-state index in [1.54, 1.807) is 28.9 Å². The highest BCUT2D eigenvalue weighted by Gasteiger charge is 2.19. The van der Waals surface area contributed by atoms with E-state index in [4.69, 9.17) is 0 Å². The van der Waals surface area contributed by atoms with Crippen LogP contribution < -0.4 is 0 Å². The number of nitrogens with zero attached hydrogens (tertiary/aromatic N) is 5. The number of para-hydroxylation sites is 1. The van der Waals surface area contributed by atoms with Crippen LogP contribution in [0.15, 0.2) is 58.4 Å². The van der Waals surface area contributed by atoms with Crippen LogP contribution in [0.25, 0.3) is 11.0 Å². The third-order valence-corrected chi connectivity index (χ3v) is 5.80. The Kier molecular flexibility index (Phi) is 5.55. The molecule has 1 aromatic heterocycles. The SMILES string of the molecule is CCN(CC)/C(=N/CS(=O)(=O)c1ccc(C)cc1)n1nnc2ccccc21. The first-order valence-corrected chi connectivity index (χ1v) is 10.5. The van der Waals surface area contributed by atoms with E-state index in [0.29, 0.717) is 19.0 Å². The van der Waals surface area contributed by atoms with Gasteiger partial charge in [0.2, 0.25) is 5.96 Å². The molecule has 3 aromatic rings. The average Bonchev–Trinajstić information content (AvgIpc) is 3.09. The standard InChI is InChI=1S/C19H23N5O2S/c1-4-23(5-2)19(24-18-9-7-6-8-17(18)21-22-24)20-14-27(25,26)16-12-10-15(3)11-13-16/h6-13H,4-5,14H2,1-3H3/b20-19-. The van der Waals surface area contributed by atoms with Crippen LogP contribution in [0.3, 0.4) is 0 Å². The van der Waals surface area contributed by atoms with E-state index < -0.39 is 9.84 Å². The Balaban J connectivity index is 2.02. The van der Waals surface area contributed by atoms with Gasteiger partial charge in [-0.3, -0.25) is 0 Å². The zero-order chi connectivity index (χ0) is 19.4. The van der Waals surface area contributed by atoms with Crippen molar-refractivity contribution >= 4 is 26.8 Å². The van der Waals surface area contributed by atoms with Gasteiger partial charge in [-0.15, -0.1) is 5.10 Å². The fraction of sp³-hybridized carbons (Fsp3) is 0.316. The molecular formula is C19H23N5O2S. The molecule has 3 rings (SSSR count). The zero-order valence-electron chi connectivity index (χ0n) is 15.7. The van der Waals surface area contributed by atoms with Crippen LogP contribution in [0.1, 0.15) is 19.4 Å². The molecule has 0 amide bonds. The van der Waals surface area contributed by atoms with Gasteiger partial charge in [-0.1, -0.05) is 35.0 Å². The second-order valence-electron chi connectivity index (χ2n) is 6.18. The fourth-order valence-corrected chi connectivity index (χ4v) is 3.77. The van der Waals surface area contributed by atoms with Crippen LogP contribution >= 0.6 is 0 Å². The summed E-state index contributed by atoms with van der Waals surface area (Å²) in [6.45, 7) is 7.25. The second kappa shape index (κ2) is 7.87. The maximum absolute atomic E-state index is 12.7. The molecular weight excluding hydrogens is 362 g/mol. The van der Waals surface area contributed by atoms with Gasteiger partial charge in [0, 0.05) is 13.1 Å². The first kappa shape index (κ1) is 19.0. The van der Waals surface area contributed by atoms with Gasteiger partial charge in [-0.25, -0.2) is 13.4 Å². The minimum absolute atomic E-state index is 0.263. The molecule has 27 heavy (non-hydrogen) atoms. The lowest BCUT2D eigenvalue weighted by molar-refractivity contribution is 0.443. The van der Waals surface area contributed by atoms with Crippen LogP contribution in [-0.4, -0.2) is 53.2 Å². The average molecular weight is 385 g/mol. The maximum Gasteiger partial charge on any atom is 0.224 e. The topological polar surface area (TPSA) is 80.5 Å². The van der Waals surface area contributed by atoms with Crippen molar-refractivity contribution in [3.05, 3.63) is 54.1 Å². The molecule has 0 aliphatic rings. The molecule has 0 fully saturated rings. The summed E-state index contributed by atoms with van der Waals surface area (Å²) in [4.78, 5) is 6.67. The molecule has 0 radical (unpaired) electrons. The second-order valence-corrected chi connectivity index (χ2v) is 8.14. The summed E-state index contributed by atoms with van der Waals surface area (Å²) in [6.07, 6.45) is 0. The van der Waals surface area contributed by atoms with Gasteiger partial charge >= 0.3 is 0 Å². The third-order valence-electron chi connectivity index (χ3n) is 4.34. The van der Waals surface area contributed by atoms with Crippen molar-refractivity contribution in [3.63, 3.8) is 0 Å². The summed E-state index contributed by atoms with van der Waals surface area (Å²) < 4.78 is 27.0. The van der Waals surface area contributed by atoms with Crippen LogP contribution in [0.2, 0.25) is 0 Å². The van der Waals surface area contributed by atoms with Crippen molar-refractivity contribution in [2.75, 3.05) is 19.0 Å². The van der Waals surface area contributed by atoms with E-state index in [1.165, 1.54) is 0 Å². The molecule has 1 heterocycles. The molecule has 0 N–H and O–H groups in total. The van der Waals surface area contributed by atoms with E-state index >= 15 is 0 Å². The van der Waals surface area contributed by atoms with Gasteiger partial charge < -0.3 is 4.90 Å². The molecule has 0 aliphatic carbocycles. The van der Waals surface area contributed by atoms with E-state index in [1.807, 2.05) is 49.9 Å². The Hall–Kier alpha value is -2.74. The summed E-state index contributed by atoms with van der Waals surface area (Å²) in [6, 6.07) is 14.3. The highest BCUT2D eigenvalue weighted by molar-refractivity contribution is 7.91. The lowest BCUT2D eigenvalue weighted by Gasteiger charge is -2.22. The number of fused-ring (bicyclic) bond motifs is 1. The van der Waals surface area contributed by atoms with Crippen LogP contribution in [-0.2, 0) is 9.84 Å². The Morgan fingerprint density at radius 1 is 1.07 bits per heavy atom. The monoisotopic (exact) mass is 385 g/mol. The Morgan fingerprint density at radius 3 is 2.41 bits per heavy atom. The molecule has 0 spiro atoms. The Morgan fingerprint density at radius 2 is 1.74 bits per heavy atom. The number of hydrogen-bond donors (Lipinski definition) is 0. The van der Waals surface area contributed by atoms with Crippen molar-refractivity contribution in [2.45, 2.75) is 25.7 Å². The van der Waals surface area contributed by atoms with Crippen molar-refractivity contribution < 1.29 is 8.42 Å². The minimum atomic E-state index is -3.54. The Labute approximate surface area is 159 Å². The third kappa shape index (κ3) is 4.00. The van der Waals surface area contributed by atoms with E-state index in [9.17, 15) is 8.42 Å². The van der Waals surface area contributed by atoms with Crippen molar-refractivity contribution in [1.29, 1.82) is 0 Å². The number of benzene rings is 2. The van der Waals surface area contributed by atoms with Gasteiger partial charge in [-0.2, -0.15) is 4.68 Å². The zero-order valence-corrected chi connectivity index (χ0v) is 16.5. The van der Waals surface area contributed by atoms with Crippen molar-refractivity contribution in [2.24, 2.45) is 4.99 Å². The summed E-state index contributed by atoms with van der Waals surface area (Å²) in [5.74, 6) is 0.125. The molecule has 142 valence electrons. The summed E-state index contributed by atoms with van der Waals surface area (Å²) in [5, 5.41) is 8.36. The molecule has 2 aromatic carbocycles. The number of aliphatic imine (C=N–C) groups is 1. The fourth-order valence-electron chi connectivity index (χ4n) is 2.79.